The number of rotatable bonds is 22. The van der Waals surface area contributed by atoms with Crippen LogP contribution in [0, 0.1) is 0 Å². The van der Waals surface area contributed by atoms with Crippen molar-refractivity contribution in [2.75, 3.05) is 19.8 Å². The first-order valence-corrected chi connectivity index (χ1v) is 12.6. The highest BCUT2D eigenvalue weighted by Gasteiger charge is 1.97. The second-order valence-corrected chi connectivity index (χ2v) is 8.45. The van der Waals surface area contributed by atoms with Crippen LogP contribution in [0.4, 0.5) is 0 Å². The first kappa shape index (κ1) is 26.7. The lowest BCUT2D eigenvalue weighted by atomic mass is 10.0. The largest absolute Gasteiger partial charge is 0.491 e. The molecule has 0 saturated carbocycles. The molecule has 0 aliphatic rings. The first-order valence-electron chi connectivity index (χ1n) is 12.6. The number of carbonyl (C=O) groups is 1. The summed E-state index contributed by atoms with van der Waals surface area (Å²) in [5.74, 6) is 0.784. The smallest absolute Gasteiger partial charge is 0.150 e. The molecule has 0 saturated heterocycles. The third kappa shape index (κ3) is 16.4. The van der Waals surface area contributed by atoms with E-state index in [1.807, 2.05) is 12.1 Å². The van der Waals surface area contributed by atoms with E-state index in [2.05, 4.69) is 6.92 Å². The molecule has 0 fully saturated rings. The molecular weight excluding hydrogens is 372 g/mol. The Kier molecular flexibility index (Phi) is 18.6. The molecule has 0 aromatic heterocycles. The molecule has 0 atom stereocenters. The summed E-state index contributed by atoms with van der Waals surface area (Å²) in [6.45, 7) is 4.28. The predicted octanol–water partition coefficient (Wildman–Crippen LogP) is 8.16. The van der Waals surface area contributed by atoms with E-state index in [0.717, 1.165) is 25.1 Å². The monoisotopic (exact) mass is 418 g/mol. The fourth-order valence-corrected chi connectivity index (χ4v) is 3.72. The molecule has 0 amide bonds. The SMILES string of the molecule is CCCCCCCCCCCCCCCCCCOCCOc1ccc(C=O)cc1. The second kappa shape index (κ2) is 20.9. The average Bonchev–Trinajstić information content (AvgIpc) is 2.78. The van der Waals surface area contributed by atoms with Gasteiger partial charge in [-0.05, 0) is 30.7 Å². The second-order valence-electron chi connectivity index (χ2n) is 8.45. The molecule has 30 heavy (non-hydrogen) atoms. The number of unbranched alkanes of at least 4 members (excludes halogenated alkanes) is 15. The summed E-state index contributed by atoms with van der Waals surface area (Å²) in [5.41, 5.74) is 0.669. The van der Waals surface area contributed by atoms with Crippen molar-refractivity contribution in [3.05, 3.63) is 29.8 Å². The highest BCUT2D eigenvalue weighted by Crippen LogP contribution is 2.14. The van der Waals surface area contributed by atoms with Gasteiger partial charge in [-0.25, -0.2) is 0 Å². The van der Waals surface area contributed by atoms with Crippen molar-refractivity contribution in [2.45, 2.75) is 110 Å². The van der Waals surface area contributed by atoms with Gasteiger partial charge in [-0.2, -0.15) is 0 Å². The maximum Gasteiger partial charge on any atom is 0.150 e. The number of ether oxygens (including phenoxy) is 2. The minimum absolute atomic E-state index is 0.555. The maximum atomic E-state index is 10.6. The summed E-state index contributed by atoms with van der Waals surface area (Å²) in [5, 5.41) is 0. The van der Waals surface area contributed by atoms with E-state index in [1.165, 1.54) is 96.3 Å². The molecule has 0 radical (unpaired) electrons. The normalized spacial score (nSPS) is 11.0. The van der Waals surface area contributed by atoms with E-state index in [1.54, 1.807) is 12.1 Å². The molecule has 0 spiro atoms. The highest BCUT2D eigenvalue weighted by atomic mass is 16.5. The molecule has 3 nitrogen and oxygen atoms in total. The summed E-state index contributed by atoms with van der Waals surface area (Å²) in [7, 11) is 0. The van der Waals surface area contributed by atoms with Crippen LogP contribution in [0.5, 0.6) is 5.75 Å². The van der Waals surface area contributed by atoms with E-state index < -0.39 is 0 Å². The molecule has 0 N–H and O–H groups in total. The third-order valence-electron chi connectivity index (χ3n) is 5.65. The van der Waals surface area contributed by atoms with Crippen LogP contribution in [-0.2, 0) is 4.74 Å². The summed E-state index contributed by atoms with van der Waals surface area (Å²) in [6, 6.07) is 7.16. The van der Waals surface area contributed by atoms with Gasteiger partial charge in [-0.15, -0.1) is 0 Å². The van der Waals surface area contributed by atoms with Gasteiger partial charge in [-0.1, -0.05) is 103 Å². The Morgan fingerprint density at radius 1 is 0.600 bits per heavy atom. The van der Waals surface area contributed by atoms with Crippen LogP contribution in [0.3, 0.4) is 0 Å². The zero-order valence-corrected chi connectivity index (χ0v) is 19.5. The minimum Gasteiger partial charge on any atom is -0.491 e. The Hall–Kier alpha value is -1.35. The quantitative estimate of drug-likeness (QED) is 0.141. The summed E-state index contributed by atoms with van der Waals surface area (Å²) in [4.78, 5) is 10.6. The Morgan fingerprint density at radius 3 is 1.53 bits per heavy atom. The zero-order chi connectivity index (χ0) is 21.5. The van der Waals surface area contributed by atoms with Crippen LogP contribution in [-0.4, -0.2) is 26.1 Å². The fraction of sp³-hybridized carbons (Fsp3) is 0.741. The maximum absolute atomic E-state index is 10.6. The zero-order valence-electron chi connectivity index (χ0n) is 19.5. The number of carbonyl (C=O) groups excluding carboxylic acids is 1. The van der Waals surface area contributed by atoms with Crippen LogP contribution >= 0.6 is 0 Å². The lowest BCUT2D eigenvalue weighted by Gasteiger charge is -2.07. The molecule has 1 rings (SSSR count). The van der Waals surface area contributed by atoms with Gasteiger partial charge in [-0.3, -0.25) is 4.79 Å². The molecule has 1 aromatic rings. The van der Waals surface area contributed by atoms with Crippen molar-refractivity contribution < 1.29 is 14.3 Å². The number of benzene rings is 1. The average molecular weight is 419 g/mol. The molecule has 0 aliphatic carbocycles. The molecular formula is C27H46O3. The van der Waals surface area contributed by atoms with Crippen LogP contribution in [0.2, 0.25) is 0 Å². The number of hydrogen-bond donors (Lipinski definition) is 0. The summed E-state index contributed by atoms with van der Waals surface area (Å²) in [6.07, 6.45) is 23.1. The van der Waals surface area contributed by atoms with Crippen LogP contribution in [0.15, 0.2) is 24.3 Å². The van der Waals surface area contributed by atoms with Gasteiger partial charge in [0.15, 0.2) is 0 Å². The van der Waals surface area contributed by atoms with E-state index in [0.29, 0.717) is 18.8 Å². The van der Waals surface area contributed by atoms with E-state index >= 15 is 0 Å². The van der Waals surface area contributed by atoms with Gasteiger partial charge in [0, 0.05) is 12.2 Å². The minimum atomic E-state index is 0.555. The predicted molar refractivity (Wildman–Crippen MR) is 128 cm³/mol. The standard InChI is InChI=1S/C27H46O3/c1-2-3-4-5-6-7-8-9-10-11-12-13-14-15-16-17-22-29-23-24-30-27-20-18-26(25-28)19-21-27/h18-21,25H,2-17,22-24H2,1H3. The number of aldehydes is 1. The molecule has 0 bridgehead atoms. The van der Waals surface area contributed by atoms with Gasteiger partial charge < -0.3 is 9.47 Å². The van der Waals surface area contributed by atoms with Crippen molar-refractivity contribution in [3.8, 4) is 5.75 Å². The fourth-order valence-electron chi connectivity index (χ4n) is 3.72. The topological polar surface area (TPSA) is 35.5 Å². The molecule has 0 aliphatic heterocycles. The Labute approximate surface area is 185 Å². The first-order chi connectivity index (χ1) is 14.9. The Bertz CT molecular complexity index is 483. The van der Waals surface area contributed by atoms with Crippen molar-refractivity contribution >= 4 is 6.29 Å². The van der Waals surface area contributed by atoms with Gasteiger partial charge in [0.1, 0.15) is 18.6 Å². The van der Waals surface area contributed by atoms with E-state index in [9.17, 15) is 4.79 Å². The third-order valence-corrected chi connectivity index (χ3v) is 5.65. The van der Waals surface area contributed by atoms with Crippen molar-refractivity contribution in [3.63, 3.8) is 0 Å². The molecule has 172 valence electrons. The van der Waals surface area contributed by atoms with Crippen molar-refractivity contribution in [1.29, 1.82) is 0 Å². The van der Waals surface area contributed by atoms with Crippen molar-refractivity contribution in [1.82, 2.24) is 0 Å². The summed E-state index contributed by atoms with van der Waals surface area (Å²) >= 11 is 0. The Morgan fingerprint density at radius 2 is 1.07 bits per heavy atom. The van der Waals surface area contributed by atoms with Crippen LogP contribution in [0.1, 0.15) is 120 Å². The van der Waals surface area contributed by atoms with E-state index in [-0.39, 0.29) is 0 Å². The molecule has 3 heteroatoms. The van der Waals surface area contributed by atoms with Gasteiger partial charge in [0.05, 0.1) is 6.61 Å². The molecule has 0 unspecified atom stereocenters. The van der Waals surface area contributed by atoms with Crippen LogP contribution < -0.4 is 4.74 Å². The summed E-state index contributed by atoms with van der Waals surface area (Å²) < 4.78 is 11.2. The van der Waals surface area contributed by atoms with Gasteiger partial charge in [0.25, 0.3) is 0 Å². The number of hydrogen-bond acceptors (Lipinski definition) is 3. The highest BCUT2D eigenvalue weighted by molar-refractivity contribution is 5.74. The van der Waals surface area contributed by atoms with E-state index in [4.69, 9.17) is 9.47 Å². The van der Waals surface area contributed by atoms with Crippen LogP contribution in [0.25, 0.3) is 0 Å². The lowest BCUT2D eigenvalue weighted by molar-refractivity contribution is 0.0970. The Balaban J connectivity index is 1.72. The van der Waals surface area contributed by atoms with Crippen molar-refractivity contribution in [2.24, 2.45) is 0 Å². The lowest BCUT2D eigenvalue weighted by Crippen LogP contribution is -2.07. The van der Waals surface area contributed by atoms with Gasteiger partial charge >= 0.3 is 0 Å². The molecule has 1 aromatic carbocycles. The molecule has 0 heterocycles. The van der Waals surface area contributed by atoms with Gasteiger partial charge in [0.2, 0.25) is 0 Å².